The minimum Gasteiger partial charge on any atom is -0.477 e. The molecule has 0 aliphatic rings. The lowest BCUT2D eigenvalue weighted by Gasteiger charge is -2.13. The van der Waals surface area contributed by atoms with E-state index in [1.54, 1.807) is 23.2 Å². The Morgan fingerprint density at radius 3 is 2.59 bits per heavy atom. The quantitative estimate of drug-likeness (QED) is 0.604. The maximum absolute atomic E-state index is 14.2. The van der Waals surface area contributed by atoms with Crippen LogP contribution in [0.15, 0.2) is 72.2 Å². The number of benzene rings is 2. The van der Waals surface area contributed by atoms with E-state index in [0.29, 0.717) is 12.1 Å². The van der Waals surface area contributed by atoms with E-state index in [-0.39, 0.29) is 5.39 Å². The van der Waals surface area contributed by atoms with Crippen molar-refractivity contribution in [3.05, 3.63) is 94.5 Å². The van der Waals surface area contributed by atoms with Gasteiger partial charge in [0.2, 0.25) is 5.43 Å². The number of halogens is 1. The van der Waals surface area contributed by atoms with Gasteiger partial charge in [-0.25, -0.2) is 14.2 Å². The first-order valence-corrected chi connectivity index (χ1v) is 8.17. The van der Waals surface area contributed by atoms with Gasteiger partial charge in [0.25, 0.3) is 0 Å². The summed E-state index contributed by atoms with van der Waals surface area (Å²) in [6, 6.07) is 11.8. The van der Waals surface area contributed by atoms with Crippen LogP contribution in [0.25, 0.3) is 16.6 Å². The fourth-order valence-corrected chi connectivity index (χ4v) is 3.06. The van der Waals surface area contributed by atoms with E-state index in [0.717, 1.165) is 17.3 Å². The van der Waals surface area contributed by atoms with Gasteiger partial charge in [-0.15, -0.1) is 0 Å². The zero-order valence-electron chi connectivity index (χ0n) is 14.0. The van der Waals surface area contributed by atoms with Gasteiger partial charge in [-0.3, -0.25) is 4.79 Å². The summed E-state index contributed by atoms with van der Waals surface area (Å²) in [5.74, 6) is -2.11. The smallest absolute Gasteiger partial charge is 0.341 e. The molecule has 134 valence electrons. The lowest BCUT2D eigenvalue weighted by molar-refractivity contribution is 0.0695. The van der Waals surface area contributed by atoms with Crippen LogP contribution in [0.4, 0.5) is 4.39 Å². The van der Waals surface area contributed by atoms with E-state index in [2.05, 4.69) is 4.98 Å². The predicted molar refractivity (Wildman–Crippen MR) is 97.8 cm³/mol. The second kappa shape index (κ2) is 6.53. The van der Waals surface area contributed by atoms with Gasteiger partial charge in [0.15, 0.2) is 0 Å². The Balaban J connectivity index is 1.80. The van der Waals surface area contributed by atoms with E-state index < -0.39 is 22.8 Å². The summed E-state index contributed by atoms with van der Waals surface area (Å²) in [6.07, 6.45) is 6.46. The molecule has 0 fully saturated rings. The summed E-state index contributed by atoms with van der Waals surface area (Å²) in [6.45, 7) is 0.296. The van der Waals surface area contributed by atoms with Crippen LogP contribution in [0, 0.1) is 5.82 Å². The second-order valence-electron chi connectivity index (χ2n) is 6.08. The summed E-state index contributed by atoms with van der Waals surface area (Å²) in [5, 5.41) is 9.09. The Hall–Kier alpha value is -3.74. The van der Waals surface area contributed by atoms with E-state index in [1.165, 1.54) is 12.3 Å². The van der Waals surface area contributed by atoms with Gasteiger partial charge in [0.1, 0.15) is 11.4 Å². The number of rotatable bonds is 4. The largest absolute Gasteiger partial charge is 0.477 e. The fraction of sp³-hybridized carbons (Fsp3) is 0.0500. The van der Waals surface area contributed by atoms with Crippen molar-refractivity contribution in [1.82, 2.24) is 14.1 Å². The van der Waals surface area contributed by atoms with Gasteiger partial charge in [-0.2, -0.15) is 0 Å². The highest BCUT2D eigenvalue weighted by Gasteiger charge is 2.17. The van der Waals surface area contributed by atoms with Gasteiger partial charge in [0, 0.05) is 30.8 Å². The van der Waals surface area contributed by atoms with Crippen molar-refractivity contribution >= 4 is 16.9 Å². The molecule has 0 saturated carbocycles. The van der Waals surface area contributed by atoms with Crippen LogP contribution in [0.3, 0.4) is 0 Å². The molecule has 0 unspecified atom stereocenters. The Morgan fingerprint density at radius 2 is 1.93 bits per heavy atom. The Morgan fingerprint density at radius 1 is 1.15 bits per heavy atom. The average Bonchev–Trinajstić information content (AvgIpc) is 3.19. The summed E-state index contributed by atoms with van der Waals surface area (Å²) in [4.78, 5) is 27.7. The highest BCUT2D eigenvalue weighted by Crippen LogP contribution is 2.18. The zero-order chi connectivity index (χ0) is 19.0. The van der Waals surface area contributed by atoms with E-state index in [9.17, 15) is 19.1 Å². The number of carboxylic acids is 1. The molecule has 6 nitrogen and oxygen atoms in total. The van der Waals surface area contributed by atoms with Crippen molar-refractivity contribution in [3.8, 4) is 5.69 Å². The summed E-state index contributed by atoms with van der Waals surface area (Å²) in [5.41, 5.74) is 0.885. The van der Waals surface area contributed by atoms with Crippen molar-refractivity contribution in [2.45, 2.75) is 6.54 Å². The molecule has 27 heavy (non-hydrogen) atoms. The maximum Gasteiger partial charge on any atom is 0.341 e. The number of imidazole rings is 1. The first-order chi connectivity index (χ1) is 13.0. The molecule has 4 aromatic rings. The fourth-order valence-electron chi connectivity index (χ4n) is 3.06. The van der Waals surface area contributed by atoms with E-state index in [1.807, 2.05) is 35.0 Å². The first kappa shape index (κ1) is 16.7. The van der Waals surface area contributed by atoms with Crippen LogP contribution in [-0.2, 0) is 6.54 Å². The molecule has 0 saturated heterocycles. The lowest BCUT2D eigenvalue weighted by atomic mass is 10.1. The summed E-state index contributed by atoms with van der Waals surface area (Å²) < 4.78 is 17.6. The van der Waals surface area contributed by atoms with Crippen LogP contribution in [0.2, 0.25) is 0 Å². The molecule has 1 N–H and O–H groups in total. The van der Waals surface area contributed by atoms with Gasteiger partial charge >= 0.3 is 5.97 Å². The molecule has 0 radical (unpaired) electrons. The number of pyridine rings is 1. The Bertz CT molecular complexity index is 1200. The molecule has 2 aromatic carbocycles. The van der Waals surface area contributed by atoms with Crippen LogP contribution >= 0.6 is 0 Å². The molecule has 0 spiro atoms. The minimum absolute atomic E-state index is 0.215. The normalized spacial score (nSPS) is 11.0. The molecular weight excluding hydrogens is 349 g/mol. The second-order valence-corrected chi connectivity index (χ2v) is 6.08. The van der Waals surface area contributed by atoms with Gasteiger partial charge in [-0.05, 0) is 29.8 Å². The molecular formula is C20H14FN3O3. The number of carbonyl (C=O) groups is 1. The third-order valence-electron chi connectivity index (χ3n) is 4.38. The number of aromatic nitrogens is 3. The van der Waals surface area contributed by atoms with Gasteiger partial charge in [-0.1, -0.05) is 18.2 Å². The molecule has 0 aliphatic heterocycles. The molecule has 0 amide bonds. The highest BCUT2D eigenvalue weighted by atomic mass is 19.1. The van der Waals surface area contributed by atoms with Crippen molar-refractivity contribution in [3.63, 3.8) is 0 Å². The Kier molecular flexibility index (Phi) is 4.04. The topological polar surface area (TPSA) is 77.1 Å². The van der Waals surface area contributed by atoms with Crippen molar-refractivity contribution in [2.75, 3.05) is 0 Å². The average molecular weight is 363 g/mol. The van der Waals surface area contributed by atoms with Crippen LogP contribution in [0.1, 0.15) is 15.9 Å². The molecule has 7 heteroatoms. The van der Waals surface area contributed by atoms with Crippen molar-refractivity contribution < 1.29 is 14.3 Å². The SMILES string of the molecule is O=C(O)c1cn(Cc2ccc(-n3ccnc3)cc2)c2cccc(F)c2c1=O. The Labute approximate surface area is 152 Å². The monoisotopic (exact) mass is 363 g/mol. The standard InChI is InChI=1S/C20H14FN3O3/c21-16-2-1-3-17-18(16)19(25)15(20(26)27)11-24(17)10-13-4-6-14(7-5-13)23-9-8-22-12-23/h1-9,11-12H,10H2,(H,26,27). The van der Waals surface area contributed by atoms with Crippen molar-refractivity contribution in [2.24, 2.45) is 0 Å². The van der Waals surface area contributed by atoms with Crippen LogP contribution in [0.5, 0.6) is 0 Å². The minimum atomic E-state index is -1.38. The molecule has 2 aromatic heterocycles. The molecule has 4 rings (SSSR count). The van der Waals surface area contributed by atoms with Gasteiger partial charge in [0.05, 0.1) is 17.2 Å². The lowest BCUT2D eigenvalue weighted by Crippen LogP contribution is -2.20. The number of fused-ring (bicyclic) bond motifs is 1. The third kappa shape index (κ3) is 2.99. The molecule has 2 heterocycles. The third-order valence-corrected chi connectivity index (χ3v) is 4.38. The molecule has 0 atom stereocenters. The van der Waals surface area contributed by atoms with Crippen LogP contribution < -0.4 is 5.43 Å². The van der Waals surface area contributed by atoms with Crippen molar-refractivity contribution in [1.29, 1.82) is 0 Å². The van der Waals surface area contributed by atoms with Gasteiger partial charge < -0.3 is 14.2 Å². The van der Waals surface area contributed by atoms with E-state index in [4.69, 9.17) is 0 Å². The number of carboxylic acid groups (broad SMARTS) is 1. The van der Waals surface area contributed by atoms with Crippen LogP contribution in [-0.4, -0.2) is 25.2 Å². The molecule has 0 bridgehead atoms. The highest BCUT2D eigenvalue weighted by molar-refractivity contribution is 5.92. The first-order valence-electron chi connectivity index (χ1n) is 8.17. The number of hydrogen-bond acceptors (Lipinski definition) is 3. The number of aromatic carboxylic acids is 1. The maximum atomic E-state index is 14.2. The summed E-state index contributed by atoms with van der Waals surface area (Å²) >= 11 is 0. The number of hydrogen-bond donors (Lipinski definition) is 1. The predicted octanol–water partition coefficient (Wildman–Crippen LogP) is 3.07. The molecule has 0 aliphatic carbocycles. The number of nitrogens with zero attached hydrogens (tertiary/aromatic N) is 3. The zero-order valence-corrected chi connectivity index (χ0v) is 14.0. The summed E-state index contributed by atoms with van der Waals surface area (Å²) in [7, 11) is 0. The van der Waals surface area contributed by atoms with E-state index >= 15 is 0 Å².